The number of halogens is 1. The Morgan fingerprint density at radius 3 is 2.40 bits per heavy atom. The van der Waals surface area contributed by atoms with Gasteiger partial charge in [-0.2, -0.15) is 0 Å². The lowest BCUT2D eigenvalue weighted by atomic mass is 10.1. The van der Waals surface area contributed by atoms with Gasteiger partial charge in [-0.3, -0.25) is 0 Å². The Morgan fingerprint density at radius 2 is 1.75 bits per heavy atom. The minimum atomic E-state index is -0.258. The Bertz CT molecular complexity index is 551. The van der Waals surface area contributed by atoms with Gasteiger partial charge in [0, 0.05) is 6.54 Å². The average Bonchev–Trinajstić information content (AvgIpc) is 2.44. The molecule has 0 saturated carbocycles. The fraction of sp³-hybridized carbons (Fsp3) is 0.294. The third-order valence-corrected chi connectivity index (χ3v) is 3.11. The molecule has 3 heteroatoms. The molecule has 2 rings (SSSR count). The number of hydrogen-bond donors (Lipinski definition) is 1. The summed E-state index contributed by atoms with van der Waals surface area (Å²) in [6.45, 7) is 6.11. The molecule has 0 radical (unpaired) electrons. The number of benzene rings is 2. The standard InChI is InChI=1S/C17H20FNO/c1-3-10-19-12-14-4-7-17(11-13(14)2)20-16-8-5-15(18)6-9-16/h4-9,11,19H,3,10,12H2,1-2H3. The van der Waals surface area contributed by atoms with Crippen LogP contribution in [0.5, 0.6) is 11.5 Å². The van der Waals surface area contributed by atoms with Crippen LogP contribution in [-0.2, 0) is 6.54 Å². The van der Waals surface area contributed by atoms with E-state index in [0.29, 0.717) is 5.75 Å². The van der Waals surface area contributed by atoms with E-state index in [1.807, 2.05) is 12.1 Å². The van der Waals surface area contributed by atoms with Crippen LogP contribution >= 0.6 is 0 Å². The molecular weight excluding hydrogens is 253 g/mol. The van der Waals surface area contributed by atoms with E-state index in [9.17, 15) is 4.39 Å². The van der Waals surface area contributed by atoms with Crippen molar-refractivity contribution < 1.29 is 9.13 Å². The Hall–Kier alpha value is -1.87. The van der Waals surface area contributed by atoms with Gasteiger partial charge in [0.05, 0.1) is 0 Å². The van der Waals surface area contributed by atoms with E-state index in [4.69, 9.17) is 4.74 Å². The maximum Gasteiger partial charge on any atom is 0.127 e. The van der Waals surface area contributed by atoms with Crippen LogP contribution in [0.2, 0.25) is 0 Å². The molecule has 1 N–H and O–H groups in total. The zero-order valence-corrected chi connectivity index (χ0v) is 11.9. The predicted octanol–water partition coefficient (Wildman–Crippen LogP) is 4.43. The first-order chi connectivity index (χ1) is 9.69. The molecule has 106 valence electrons. The highest BCUT2D eigenvalue weighted by Gasteiger charge is 2.02. The van der Waals surface area contributed by atoms with Gasteiger partial charge in [-0.15, -0.1) is 0 Å². The lowest BCUT2D eigenvalue weighted by Gasteiger charge is -2.10. The molecule has 2 aromatic carbocycles. The van der Waals surface area contributed by atoms with Gasteiger partial charge in [0.2, 0.25) is 0 Å². The highest BCUT2D eigenvalue weighted by atomic mass is 19.1. The highest BCUT2D eigenvalue weighted by Crippen LogP contribution is 2.24. The van der Waals surface area contributed by atoms with Crippen LogP contribution in [0.15, 0.2) is 42.5 Å². The van der Waals surface area contributed by atoms with Gasteiger partial charge in [-0.05, 0) is 67.4 Å². The van der Waals surface area contributed by atoms with Crippen LogP contribution in [-0.4, -0.2) is 6.54 Å². The highest BCUT2D eigenvalue weighted by molar-refractivity contribution is 5.37. The molecule has 0 aliphatic heterocycles. The first-order valence-electron chi connectivity index (χ1n) is 6.92. The zero-order valence-electron chi connectivity index (χ0n) is 11.9. The van der Waals surface area contributed by atoms with Gasteiger partial charge in [0.1, 0.15) is 17.3 Å². The molecule has 0 aliphatic carbocycles. The van der Waals surface area contributed by atoms with Crippen molar-refractivity contribution in [3.63, 3.8) is 0 Å². The Morgan fingerprint density at radius 1 is 1.05 bits per heavy atom. The van der Waals surface area contributed by atoms with Crippen molar-refractivity contribution in [3.8, 4) is 11.5 Å². The van der Waals surface area contributed by atoms with Crippen molar-refractivity contribution >= 4 is 0 Å². The molecule has 0 fully saturated rings. The van der Waals surface area contributed by atoms with Crippen LogP contribution in [0.1, 0.15) is 24.5 Å². The Labute approximate surface area is 119 Å². The summed E-state index contributed by atoms with van der Waals surface area (Å²) in [6.07, 6.45) is 1.13. The second-order valence-corrected chi connectivity index (χ2v) is 4.82. The van der Waals surface area contributed by atoms with Crippen molar-refractivity contribution in [2.24, 2.45) is 0 Å². The smallest absolute Gasteiger partial charge is 0.127 e. The topological polar surface area (TPSA) is 21.3 Å². The molecule has 0 bridgehead atoms. The van der Waals surface area contributed by atoms with E-state index in [1.165, 1.54) is 23.3 Å². The van der Waals surface area contributed by atoms with E-state index in [-0.39, 0.29) is 5.82 Å². The second kappa shape index (κ2) is 7.06. The van der Waals surface area contributed by atoms with Gasteiger partial charge in [0.25, 0.3) is 0 Å². The minimum Gasteiger partial charge on any atom is -0.457 e. The fourth-order valence-corrected chi connectivity index (χ4v) is 1.97. The maximum absolute atomic E-state index is 12.8. The summed E-state index contributed by atoms with van der Waals surface area (Å²) in [5, 5.41) is 3.39. The van der Waals surface area contributed by atoms with Crippen molar-refractivity contribution in [1.29, 1.82) is 0 Å². The first-order valence-corrected chi connectivity index (χ1v) is 6.92. The van der Waals surface area contributed by atoms with Crippen molar-refractivity contribution in [2.45, 2.75) is 26.8 Å². The molecule has 0 aliphatic rings. The van der Waals surface area contributed by atoms with Crippen LogP contribution in [0.4, 0.5) is 4.39 Å². The summed E-state index contributed by atoms with van der Waals surface area (Å²) in [6, 6.07) is 12.1. The van der Waals surface area contributed by atoms with Crippen molar-refractivity contribution in [1.82, 2.24) is 5.32 Å². The summed E-state index contributed by atoms with van der Waals surface area (Å²) in [4.78, 5) is 0. The van der Waals surface area contributed by atoms with Gasteiger partial charge in [-0.25, -0.2) is 4.39 Å². The minimum absolute atomic E-state index is 0.258. The number of nitrogens with one attached hydrogen (secondary N) is 1. The van der Waals surface area contributed by atoms with E-state index in [1.54, 1.807) is 12.1 Å². The third kappa shape index (κ3) is 4.07. The largest absolute Gasteiger partial charge is 0.457 e. The van der Waals surface area contributed by atoms with E-state index in [2.05, 4.69) is 25.2 Å². The van der Waals surface area contributed by atoms with Gasteiger partial charge in [-0.1, -0.05) is 13.0 Å². The monoisotopic (exact) mass is 273 g/mol. The summed E-state index contributed by atoms with van der Waals surface area (Å²) < 4.78 is 18.5. The lowest BCUT2D eigenvalue weighted by molar-refractivity contribution is 0.479. The van der Waals surface area contributed by atoms with Gasteiger partial charge in [0.15, 0.2) is 0 Å². The number of rotatable bonds is 6. The van der Waals surface area contributed by atoms with Gasteiger partial charge >= 0.3 is 0 Å². The fourth-order valence-electron chi connectivity index (χ4n) is 1.97. The molecule has 0 aromatic heterocycles. The molecule has 2 aromatic rings. The Balaban J connectivity index is 2.03. The van der Waals surface area contributed by atoms with E-state index in [0.717, 1.165) is 25.3 Å². The average molecular weight is 273 g/mol. The molecule has 0 spiro atoms. The normalized spacial score (nSPS) is 10.6. The molecule has 20 heavy (non-hydrogen) atoms. The predicted molar refractivity (Wildman–Crippen MR) is 79.7 cm³/mol. The number of hydrogen-bond acceptors (Lipinski definition) is 2. The summed E-state index contributed by atoms with van der Waals surface area (Å²) in [5.41, 5.74) is 2.46. The molecular formula is C17H20FNO. The molecule has 0 heterocycles. The quantitative estimate of drug-likeness (QED) is 0.786. The summed E-state index contributed by atoms with van der Waals surface area (Å²) in [5.74, 6) is 1.15. The van der Waals surface area contributed by atoms with Gasteiger partial charge < -0.3 is 10.1 Å². The zero-order chi connectivity index (χ0) is 14.4. The molecule has 0 atom stereocenters. The summed E-state index contributed by atoms with van der Waals surface area (Å²) >= 11 is 0. The van der Waals surface area contributed by atoms with E-state index < -0.39 is 0 Å². The molecule has 2 nitrogen and oxygen atoms in total. The SMILES string of the molecule is CCCNCc1ccc(Oc2ccc(F)cc2)cc1C. The van der Waals surface area contributed by atoms with Crippen molar-refractivity contribution in [3.05, 3.63) is 59.4 Å². The van der Waals surface area contributed by atoms with E-state index >= 15 is 0 Å². The molecule has 0 saturated heterocycles. The van der Waals surface area contributed by atoms with Crippen LogP contribution in [0.25, 0.3) is 0 Å². The first kappa shape index (κ1) is 14.5. The number of ether oxygens (including phenoxy) is 1. The maximum atomic E-state index is 12.8. The molecule has 0 amide bonds. The van der Waals surface area contributed by atoms with Crippen LogP contribution in [0.3, 0.4) is 0 Å². The lowest BCUT2D eigenvalue weighted by Crippen LogP contribution is -2.14. The number of aryl methyl sites for hydroxylation is 1. The van der Waals surface area contributed by atoms with Crippen molar-refractivity contribution in [2.75, 3.05) is 6.54 Å². The Kier molecular flexibility index (Phi) is 5.13. The van der Waals surface area contributed by atoms with Crippen LogP contribution in [0, 0.1) is 12.7 Å². The molecule has 0 unspecified atom stereocenters. The third-order valence-electron chi connectivity index (χ3n) is 3.11. The summed E-state index contributed by atoms with van der Waals surface area (Å²) in [7, 11) is 0. The second-order valence-electron chi connectivity index (χ2n) is 4.82. The van der Waals surface area contributed by atoms with Crippen LogP contribution < -0.4 is 10.1 Å².